The number of nitrogens with zero attached hydrogens (tertiary/aromatic N) is 1. The van der Waals surface area contributed by atoms with E-state index in [-0.39, 0.29) is 11.3 Å². The first-order chi connectivity index (χ1) is 11.6. The number of ketones is 1. The van der Waals surface area contributed by atoms with Crippen LogP contribution in [0.1, 0.15) is 28.8 Å². The number of hydrogen-bond donors (Lipinski definition) is 1. The molecule has 0 aliphatic carbocycles. The van der Waals surface area contributed by atoms with Crippen LogP contribution in [-0.4, -0.2) is 42.0 Å². The van der Waals surface area contributed by atoms with Crippen molar-refractivity contribution in [2.24, 2.45) is 0 Å². The molecular formula is C17H17NO6. The van der Waals surface area contributed by atoms with Crippen LogP contribution >= 0.6 is 0 Å². The molecule has 3 heterocycles. The Morgan fingerprint density at radius 2 is 2.04 bits per heavy atom. The van der Waals surface area contributed by atoms with E-state index in [0.717, 1.165) is 0 Å². The van der Waals surface area contributed by atoms with Crippen molar-refractivity contribution < 1.29 is 28.3 Å². The predicted octanol–water partition coefficient (Wildman–Crippen LogP) is 2.49. The molecule has 0 spiro atoms. The third kappa shape index (κ3) is 2.74. The van der Waals surface area contributed by atoms with Gasteiger partial charge in [-0.3, -0.25) is 9.59 Å². The van der Waals surface area contributed by atoms with Crippen LogP contribution in [0.2, 0.25) is 0 Å². The van der Waals surface area contributed by atoms with E-state index in [1.54, 1.807) is 25.3 Å². The van der Waals surface area contributed by atoms with Crippen molar-refractivity contribution in [2.45, 2.75) is 12.5 Å². The van der Waals surface area contributed by atoms with Gasteiger partial charge in [0.1, 0.15) is 11.8 Å². The fraction of sp³-hybridized carbons (Fsp3) is 0.294. The molecule has 1 aliphatic rings. The van der Waals surface area contributed by atoms with Crippen molar-refractivity contribution in [3.8, 4) is 0 Å². The lowest BCUT2D eigenvalue weighted by Crippen LogP contribution is -2.32. The van der Waals surface area contributed by atoms with E-state index in [1.165, 1.54) is 23.5 Å². The van der Waals surface area contributed by atoms with Gasteiger partial charge in [0.15, 0.2) is 11.5 Å². The molecule has 1 amide bonds. The van der Waals surface area contributed by atoms with E-state index in [4.69, 9.17) is 13.6 Å². The summed E-state index contributed by atoms with van der Waals surface area (Å²) in [4.78, 5) is 26.5. The van der Waals surface area contributed by atoms with Crippen LogP contribution in [0.15, 0.2) is 57.0 Å². The Labute approximate surface area is 138 Å². The van der Waals surface area contributed by atoms with Crippen molar-refractivity contribution in [1.82, 2.24) is 4.90 Å². The molecule has 0 aromatic carbocycles. The summed E-state index contributed by atoms with van der Waals surface area (Å²) < 4.78 is 15.5. The Balaban J connectivity index is 1.98. The average Bonchev–Trinajstić information content (AvgIpc) is 3.31. The van der Waals surface area contributed by atoms with Crippen molar-refractivity contribution >= 4 is 11.7 Å². The summed E-state index contributed by atoms with van der Waals surface area (Å²) in [5, 5.41) is 10.3. The van der Waals surface area contributed by atoms with Gasteiger partial charge in [-0.1, -0.05) is 0 Å². The third-order valence-electron chi connectivity index (χ3n) is 3.85. The monoisotopic (exact) mass is 331 g/mol. The number of aliphatic hydroxyl groups is 1. The van der Waals surface area contributed by atoms with Gasteiger partial charge < -0.3 is 23.6 Å². The van der Waals surface area contributed by atoms with Gasteiger partial charge in [-0.05, 0) is 30.7 Å². The Kier molecular flexibility index (Phi) is 4.52. The summed E-state index contributed by atoms with van der Waals surface area (Å²) in [7, 11) is 1.57. The van der Waals surface area contributed by atoms with Gasteiger partial charge in [-0.15, -0.1) is 0 Å². The van der Waals surface area contributed by atoms with Crippen molar-refractivity contribution in [3.63, 3.8) is 0 Å². The number of carbonyl (C=O) groups is 2. The number of rotatable bonds is 7. The number of aliphatic hydroxyl groups excluding tert-OH is 1. The van der Waals surface area contributed by atoms with E-state index in [2.05, 4.69) is 0 Å². The van der Waals surface area contributed by atoms with Crippen LogP contribution in [0, 0.1) is 0 Å². The first-order valence-electron chi connectivity index (χ1n) is 7.49. The fourth-order valence-electron chi connectivity index (χ4n) is 2.78. The summed E-state index contributed by atoms with van der Waals surface area (Å²) >= 11 is 0. The van der Waals surface area contributed by atoms with E-state index in [1.807, 2.05) is 0 Å². The molecule has 3 rings (SSSR count). The highest BCUT2D eigenvalue weighted by Gasteiger charge is 2.45. The Hall–Kier alpha value is -2.80. The zero-order valence-electron chi connectivity index (χ0n) is 13.1. The molecule has 7 heteroatoms. The highest BCUT2D eigenvalue weighted by atomic mass is 16.5. The highest BCUT2D eigenvalue weighted by molar-refractivity contribution is 6.14. The lowest BCUT2D eigenvalue weighted by molar-refractivity contribution is -0.129. The smallest absolute Gasteiger partial charge is 0.290 e. The molecule has 7 nitrogen and oxygen atoms in total. The maximum absolute atomic E-state index is 12.7. The van der Waals surface area contributed by atoms with Crippen LogP contribution in [0.5, 0.6) is 0 Å². The Morgan fingerprint density at radius 1 is 1.29 bits per heavy atom. The quantitative estimate of drug-likeness (QED) is 0.619. The van der Waals surface area contributed by atoms with E-state index in [0.29, 0.717) is 25.3 Å². The molecule has 0 fully saturated rings. The molecule has 2 aromatic rings. The van der Waals surface area contributed by atoms with Gasteiger partial charge >= 0.3 is 0 Å². The second kappa shape index (κ2) is 6.76. The standard InChI is InChI=1S/C17H17NO6/c1-22-8-4-7-18-14(11-5-2-9-23-11)13(16(20)17(18)21)15(19)12-6-3-10-24-12/h2-3,5-6,9-10,14,20H,4,7-8H2,1H3. The largest absolute Gasteiger partial charge is 0.503 e. The van der Waals surface area contributed by atoms with Crippen LogP contribution in [0.3, 0.4) is 0 Å². The fourth-order valence-corrected chi connectivity index (χ4v) is 2.78. The van der Waals surface area contributed by atoms with Crippen LogP contribution in [0.4, 0.5) is 0 Å². The minimum atomic E-state index is -0.790. The molecule has 1 N–H and O–H groups in total. The topological polar surface area (TPSA) is 93.1 Å². The molecule has 0 radical (unpaired) electrons. The maximum Gasteiger partial charge on any atom is 0.290 e. The van der Waals surface area contributed by atoms with Crippen LogP contribution < -0.4 is 0 Å². The maximum atomic E-state index is 12.7. The zero-order chi connectivity index (χ0) is 17.1. The van der Waals surface area contributed by atoms with E-state index < -0.39 is 23.5 Å². The lowest BCUT2D eigenvalue weighted by atomic mass is 9.99. The summed E-state index contributed by atoms with van der Waals surface area (Å²) in [5.41, 5.74) is -0.0395. The summed E-state index contributed by atoms with van der Waals surface area (Å²) in [6.07, 6.45) is 3.38. The molecule has 126 valence electrons. The molecule has 1 aliphatic heterocycles. The second-order valence-corrected chi connectivity index (χ2v) is 5.33. The number of methoxy groups -OCH3 is 1. The SMILES string of the molecule is COCCCN1C(=O)C(O)=C(C(=O)c2ccco2)C1c1ccco1. The van der Waals surface area contributed by atoms with Gasteiger partial charge in [0, 0.05) is 20.3 Å². The van der Waals surface area contributed by atoms with Crippen molar-refractivity contribution in [2.75, 3.05) is 20.3 Å². The number of hydrogen-bond acceptors (Lipinski definition) is 6. The number of amides is 1. The first kappa shape index (κ1) is 16.1. The van der Waals surface area contributed by atoms with Gasteiger partial charge in [-0.25, -0.2) is 0 Å². The molecule has 1 unspecified atom stereocenters. The van der Waals surface area contributed by atoms with Crippen LogP contribution in [-0.2, 0) is 9.53 Å². The molecule has 0 saturated heterocycles. The number of ether oxygens (including phenoxy) is 1. The number of furan rings is 2. The molecular weight excluding hydrogens is 314 g/mol. The third-order valence-corrected chi connectivity index (χ3v) is 3.85. The average molecular weight is 331 g/mol. The van der Waals surface area contributed by atoms with Crippen molar-refractivity contribution in [1.29, 1.82) is 0 Å². The zero-order valence-corrected chi connectivity index (χ0v) is 13.1. The molecule has 0 bridgehead atoms. The summed E-state index contributed by atoms with van der Waals surface area (Å²) in [5.74, 6) is -1.27. The van der Waals surface area contributed by atoms with E-state index in [9.17, 15) is 14.7 Å². The lowest BCUT2D eigenvalue weighted by Gasteiger charge is -2.24. The summed E-state index contributed by atoms with van der Waals surface area (Å²) in [6, 6.07) is 5.59. The molecule has 2 aromatic heterocycles. The Bertz CT molecular complexity index is 744. The van der Waals surface area contributed by atoms with Crippen LogP contribution in [0.25, 0.3) is 0 Å². The normalized spacial score (nSPS) is 17.8. The first-order valence-corrected chi connectivity index (χ1v) is 7.49. The molecule has 24 heavy (non-hydrogen) atoms. The number of Topliss-reactive ketones (excluding diaryl/α,β-unsaturated/α-hetero) is 1. The van der Waals surface area contributed by atoms with Gasteiger partial charge in [0.2, 0.25) is 5.78 Å². The molecule has 1 atom stereocenters. The van der Waals surface area contributed by atoms with Gasteiger partial charge in [0.25, 0.3) is 5.91 Å². The van der Waals surface area contributed by atoms with E-state index >= 15 is 0 Å². The minimum absolute atomic E-state index is 0.0395. The highest BCUT2D eigenvalue weighted by Crippen LogP contribution is 2.39. The van der Waals surface area contributed by atoms with Crippen molar-refractivity contribution in [3.05, 3.63) is 59.6 Å². The molecule has 0 saturated carbocycles. The minimum Gasteiger partial charge on any atom is -0.503 e. The van der Waals surface area contributed by atoms with Gasteiger partial charge in [-0.2, -0.15) is 0 Å². The Morgan fingerprint density at radius 3 is 2.67 bits per heavy atom. The summed E-state index contributed by atoms with van der Waals surface area (Å²) in [6.45, 7) is 0.772. The second-order valence-electron chi connectivity index (χ2n) is 5.33. The predicted molar refractivity (Wildman–Crippen MR) is 82.3 cm³/mol. The number of carbonyl (C=O) groups excluding carboxylic acids is 2. The van der Waals surface area contributed by atoms with Gasteiger partial charge in [0.05, 0.1) is 18.1 Å².